The fraction of sp³-hybridized carbons (Fsp3) is 0.154. The number of nitrogens with one attached hydrogen (secondary N) is 2. The van der Waals surface area contributed by atoms with E-state index in [0.717, 1.165) is 11.3 Å². The number of fused-ring (bicyclic) bond motifs is 1. The van der Waals surface area contributed by atoms with Gasteiger partial charge in [-0.1, -0.05) is 18.2 Å². The monoisotopic (exact) mass is 274 g/mol. The van der Waals surface area contributed by atoms with Crippen molar-refractivity contribution in [2.24, 2.45) is 0 Å². The minimum absolute atomic E-state index is 0.104. The number of para-hydroxylation sites is 1. The van der Waals surface area contributed by atoms with E-state index >= 15 is 0 Å². The number of nitrogens with zero attached hydrogens (tertiary/aromatic N) is 2. The highest BCUT2D eigenvalue weighted by molar-refractivity contribution is 6.28. The number of hydrogen-bond donors (Lipinski definition) is 2. The molecule has 2 heterocycles. The highest BCUT2D eigenvalue weighted by atomic mass is 35.5. The Kier molecular flexibility index (Phi) is 3.05. The van der Waals surface area contributed by atoms with Gasteiger partial charge in [0.05, 0.1) is 5.92 Å². The maximum absolute atomic E-state index is 12.2. The van der Waals surface area contributed by atoms with Crippen LogP contribution >= 0.6 is 11.6 Å². The SMILES string of the molecule is O=C(Nc1ccnc(Cl)n1)C1CNc2ccccc21. The maximum Gasteiger partial charge on any atom is 0.234 e. The fourth-order valence-corrected chi connectivity index (χ4v) is 2.28. The van der Waals surface area contributed by atoms with Crippen LogP contribution in [-0.2, 0) is 4.79 Å². The zero-order valence-corrected chi connectivity index (χ0v) is 10.7. The van der Waals surface area contributed by atoms with Gasteiger partial charge in [-0.25, -0.2) is 9.97 Å². The zero-order valence-electron chi connectivity index (χ0n) is 9.93. The van der Waals surface area contributed by atoms with E-state index in [1.54, 1.807) is 6.07 Å². The minimum atomic E-state index is -0.218. The number of halogens is 1. The van der Waals surface area contributed by atoms with E-state index in [1.165, 1.54) is 6.20 Å². The lowest BCUT2D eigenvalue weighted by atomic mass is 10.0. The molecule has 1 amide bonds. The van der Waals surface area contributed by atoms with Crippen molar-refractivity contribution < 1.29 is 4.79 Å². The number of aromatic nitrogens is 2. The molecule has 1 aliphatic rings. The molecule has 5 nitrogen and oxygen atoms in total. The Hall–Kier alpha value is -2.14. The average Bonchev–Trinajstić information content (AvgIpc) is 2.82. The van der Waals surface area contributed by atoms with Crippen molar-refractivity contribution in [1.29, 1.82) is 0 Å². The Bertz CT molecular complexity index is 632. The van der Waals surface area contributed by atoms with E-state index in [4.69, 9.17) is 11.6 Å². The van der Waals surface area contributed by atoms with Crippen LogP contribution in [0.1, 0.15) is 11.5 Å². The number of benzene rings is 1. The van der Waals surface area contributed by atoms with Crippen molar-refractivity contribution in [3.63, 3.8) is 0 Å². The molecular formula is C13H11ClN4O. The summed E-state index contributed by atoms with van der Waals surface area (Å²) in [5, 5.41) is 6.07. The Morgan fingerprint density at radius 2 is 2.21 bits per heavy atom. The Morgan fingerprint density at radius 1 is 1.37 bits per heavy atom. The second-order valence-corrected chi connectivity index (χ2v) is 4.56. The summed E-state index contributed by atoms with van der Waals surface area (Å²) in [6.07, 6.45) is 1.51. The molecule has 2 aromatic rings. The van der Waals surface area contributed by atoms with E-state index in [-0.39, 0.29) is 17.1 Å². The average molecular weight is 275 g/mol. The molecule has 1 aliphatic heterocycles. The molecule has 2 N–H and O–H groups in total. The molecule has 1 aromatic carbocycles. The van der Waals surface area contributed by atoms with Gasteiger partial charge in [0.2, 0.25) is 11.2 Å². The van der Waals surface area contributed by atoms with Crippen molar-refractivity contribution in [3.05, 3.63) is 47.4 Å². The molecule has 96 valence electrons. The first-order valence-corrected chi connectivity index (χ1v) is 6.24. The molecule has 0 fully saturated rings. The van der Waals surface area contributed by atoms with Gasteiger partial charge in [0.15, 0.2) is 0 Å². The van der Waals surface area contributed by atoms with Crippen LogP contribution in [0.25, 0.3) is 0 Å². The third-order valence-corrected chi connectivity index (χ3v) is 3.21. The topological polar surface area (TPSA) is 66.9 Å². The van der Waals surface area contributed by atoms with Gasteiger partial charge in [-0.3, -0.25) is 4.79 Å². The van der Waals surface area contributed by atoms with Gasteiger partial charge in [0, 0.05) is 18.4 Å². The summed E-state index contributed by atoms with van der Waals surface area (Å²) in [4.78, 5) is 19.9. The smallest absolute Gasteiger partial charge is 0.234 e. The summed E-state index contributed by atoms with van der Waals surface area (Å²) in [5.41, 5.74) is 2.00. The number of carbonyl (C=O) groups is 1. The largest absolute Gasteiger partial charge is 0.384 e. The van der Waals surface area contributed by atoms with Crippen molar-refractivity contribution in [2.75, 3.05) is 17.2 Å². The van der Waals surface area contributed by atoms with Crippen LogP contribution in [0.3, 0.4) is 0 Å². The maximum atomic E-state index is 12.2. The Labute approximate surface area is 115 Å². The summed E-state index contributed by atoms with van der Waals surface area (Å²) in [7, 11) is 0. The third kappa shape index (κ3) is 2.37. The molecule has 0 aliphatic carbocycles. The van der Waals surface area contributed by atoms with Gasteiger partial charge in [0.1, 0.15) is 5.82 Å². The normalized spacial score (nSPS) is 16.6. The minimum Gasteiger partial charge on any atom is -0.384 e. The van der Waals surface area contributed by atoms with Crippen LogP contribution < -0.4 is 10.6 Å². The molecule has 1 unspecified atom stereocenters. The van der Waals surface area contributed by atoms with Gasteiger partial charge in [-0.05, 0) is 29.3 Å². The quantitative estimate of drug-likeness (QED) is 0.825. The highest BCUT2D eigenvalue weighted by Gasteiger charge is 2.28. The molecule has 1 atom stereocenters. The van der Waals surface area contributed by atoms with Gasteiger partial charge in [-0.15, -0.1) is 0 Å². The lowest BCUT2D eigenvalue weighted by molar-refractivity contribution is -0.117. The van der Waals surface area contributed by atoms with Crippen molar-refractivity contribution in [1.82, 2.24) is 9.97 Å². The van der Waals surface area contributed by atoms with Gasteiger partial charge in [-0.2, -0.15) is 0 Å². The predicted octanol–water partition coefficient (Wildman–Crippen LogP) is 2.28. The fourth-order valence-electron chi connectivity index (χ4n) is 2.14. The second-order valence-electron chi connectivity index (χ2n) is 4.22. The molecule has 0 saturated carbocycles. The molecule has 0 saturated heterocycles. The van der Waals surface area contributed by atoms with Crippen LogP contribution in [0.2, 0.25) is 5.28 Å². The third-order valence-electron chi connectivity index (χ3n) is 3.03. The summed E-state index contributed by atoms with van der Waals surface area (Å²) >= 11 is 5.68. The molecule has 0 bridgehead atoms. The summed E-state index contributed by atoms with van der Waals surface area (Å²) < 4.78 is 0. The molecule has 0 spiro atoms. The number of carbonyl (C=O) groups excluding carboxylic acids is 1. The van der Waals surface area contributed by atoms with Crippen LogP contribution in [0.5, 0.6) is 0 Å². The lowest BCUT2D eigenvalue weighted by Crippen LogP contribution is -2.23. The molecule has 3 rings (SSSR count). The van der Waals surface area contributed by atoms with Crippen LogP contribution in [0.4, 0.5) is 11.5 Å². The van der Waals surface area contributed by atoms with Crippen molar-refractivity contribution in [3.8, 4) is 0 Å². The lowest BCUT2D eigenvalue weighted by Gasteiger charge is -2.10. The zero-order chi connectivity index (χ0) is 13.2. The standard InChI is InChI=1S/C13H11ClN4O/c14-13-15-6-5-11(18-13)17-12(19)9-7-16-10-4-2-1-3-8(9)10/h1-6,9,16H,7H2,(H,15,17,18,19). The van der Waals surface area contributed by atoms with Crippen LogP contribution in [0, 0.1) is 0 Å². The molecule has 19 heavy (non-hydrogen) atoms. The van der Waals surface area contributed by atoms with E-state index in [2.05, 4.69) is 20.6 Å². The first-order valence-electron chi connectivity index (χ1n) is 5.86. The number of amides is 1. The van der Waals surface area contributed by atoms with Gasteiger partial charge < -0.3 is 10.6 Å². The number of anilines is 2. The predicted molar refractivity (Wildman–Crippen MR) is 73.3 cm³/mol. The Balaban J connectivity index is 1.79. The van der Waals surface area contributed by atoms with Gasteiger partial charge in [0.25, 0.3) is 0 Å². The van der Waals surface area contributed by atoms with Crippen molar-refractivity contribution in [2.45, 2.75) is 5.92 Å². The van der Waals surface area contributed by atoms with E-state index < -0.39 is 0 Å². The number of rotatable bonds is 2. The molecule has 1 aromatic heterocycles. The number of hydrogen-bond acceptors (Lipinski definition) is 4. The summed E-state index contributed by atoms with van der Waals surface area (Å²) in [6, 6.07) is 9.39. The molecule has 0 radical (unpaired) electrons. The van der Waals surface area contributed by atoms with E-state index in [9.17, 15) is 4.79 Å². The Morgan fingerprint density at radius 3 is 3.05 bits per heavy atom. The summed E-state index contributed by atoms with van der Waals surface area (Å²) in [5.74, 6) is 0.0894. The van der Waals surface area contributed by atoms with E-state index in [1.807, 2.05) is 24.3 Å². The van der Waals surface area contributed by atoms with Crippen LogP contribution in [-0.4, -0.2) is 22.4 Å². The summed E-state index contributed by atoms with van der Waals surface area (Å²) in [6.45, 7) is 0.587. The molecule has 6 heteroatoms. The molecular weight excluding hydrogens is 264 g/mol. The first-order chi connectivity index (χ1) is 9.24. The highest BCUT2D eigenvalue weighted by Crippen LogP contribution is 2.31. The second kappa shape index (κ2) is 4.85. The van der Waals surface area contributed by atoms with E-state index in [0.29, 0.717) is 12.4 Å². The van der Waals surface area contributed by atoms with Crippen LogP contribution in [0.15, 0.2) is 36.5 Å². The van der Waals surface area contributed by atoms with Gasteiger partial charge >= 0.3 is 0 Å². The first kappa shape index (κ1) is 11.9. The van der Waals surface area contributed by atoms with Crippen molar-refractivity contribution >= 4 is 29.0 Å².